The van der Waals surface area contributed by atoms with Gasteiger partial charge in [0.1, 0.15) is 23.9 Å². The third kappa shape index (κ3) is 6.46. The molecule has 6 rings (SSSR count). The number of ether oxygens (including phenoxy) is 2. The topological polar surface area (TPSA) is 158 Å². The summed E-state index contributed by atoms with van der Waals surface area (Å²) in [7, 11) is 0. The lowest BCUT2D eigenvalue weighted by Gasteiger charge is -2.57. The van der Waals surface area contributed by atoms with Gasteiger partial charge in [0.05, 0.1) is 23.8 Å². The molecule has 2 N–H and O–H groups in total. The average molecular weight is 635 g/mol. The third-order valence-electron chi connectivity index (χ3n) is 7.43. The highest BCUT2D eigenvalue weighted by atomic mass is 35.5. The molecule has 0 radical (unpaired) electrons. The van der Waals surface area contributed by atoms with Gasteiger partial charge in [-0.2, -0.15) is 13.2 Å². The number of alkyl halides is 3. The second-order valence-electron chi connectivity index (χ2n) is 11.0. The molecule has 1 amide bonds. The normalized spacial score (nSPS) is 16.7. The zero-order valence-corrected chi connectivity index (χ0v) is 23.9. The van der Waals surface area contributed by atoms with Crippen LogP contribution < -0.4 is 14.8 Å². The maximum absolute atomic E-state index is 12.9. The minimum atomic E-state index is -4.56. The van der Waals surface area contributed by atoms with E-state index in [1.165, 1.54) is 15.9 Å². The summed E-state index contributed by atoms with van der Waals surface area (Å²) in [5, 5.41) is 27.7. The molecule has 1 spiro atoms. The Balaban J connectivity index is 1.14. The molecule has 0 bridgehead atoms. The summed E-state index contributed by atoms with van der Waals surface area (Å²) in [6.07, 6.45) is 1.64. The van der Waals surface area contributed by atoms with Crippen LogP contribution in [-0.4, -0.2) is 88.0 Å². The van der Waals surface area contributed by atoms with Crippen LogP contribution in [0.5, 0.6) is 11.6 Å². The van der Waals surface area contributed by atoms with Crippen LogP contribution in [0.4, 0.5) is 29.6 Å². The van der Waals surface area contributed by atoms with E-state index in [0.717, 1.165) is 5.56 Å². The molecule has 14 nitrogen and oxygen atoms in total. The smallest absolute Gasteiger partial charge is 0.422 e. The van der Waals surface area contributed by atoms with Crippen molar-refractivity contribution in [2.45, 2.75) is 44.6 Å². The van der Waals surface area contributed by atoms with Crippen molar-refractivity contribution in [3.63, 3.8) is 0 Å². The third-order valence-corrected chi connectivity index (χ3v) is 7.74. The van der Waals surface area contributed by atoms with E-state index >= 15 is 0 Å². The Kier molecular flexibility index (Phi) is 7.65. The van der Waals surface area contributed by atoms with Crippen LogP contribution in [0.3, 0.4) is 0 Å². The fourth-order valence-electron chi connectivity index (χ4n) is 5.41. The number of halogens is 4. The van der Waals surface area contributed by atoms with Gasteiger partial charge in [0.25, 0.3) is 5.88 Å². The molecule has 1 atom stereocenters. The lowest BCUT2D eigenvalue weighted by molar-refractivity contribution is -0.154. The van der Waals surface area contributed by atoms with Crippen molar-refractivity contribution < 1.29 is 32.5 Å². The highest BCUT2D eigenvalue weighted by molar-refractivity contribution is 6.32. The molecule has 4 aromatic rings. The largest absolute Gasteiger partial charge is 0.487 e. The van der Waals surface area contributed by atoms with Gasteiger partial charge < -0.3 is 24.8 Å². The lowest BCUT2D eigenvalue weighted by atomic mass is 9.61. The summed E-state index contributed by atoms with van der Waals surface area (Å²) >= 11 is 6.35. The second-order valence-corrected chi connectivity index (χ2v) is 11.4. The Labute approximate surface area is 252 Å². The summed E-state index contributed by atoms with van der Waals surface area (Å²) in [6.45, 7) is 1.61. The summed E-state index contributed by atoms with van der Waals surface area (Å²) in [6, 6.07) is 5.12. The minimum Gasteiger partial charge on any atom is -0.487 e. The van der Waals surface area contributed by atoms with Crippen LogP contribution in [0.1, 0.15) is 25.8 Å². The molecule has 2 aliphatic rings. The minimum absolute atomic E-state index is 0.102. The molecular weight excluding hydrogens is 609 g/mol. The van der Waals surface area contributed by atoms with E-state index in [-0.39, 0.29) is 35.1 Å². The van der Waals surface area contributed by atoms with E-state index in [1.807, 2.05) is 6.92 Å². The molecule has 44 heavy (non-hydrogen) atoms. The summed E-state index contributed by atoms with van der Waals surface area (Å²) in [5.74, 6) is 0.319. The van der Waals surface area contributed by atoms with Gasteiger partial charge in [-0.3, -0.25) is 4.68 Å². The number of carbonyl (C=O) groups is 1. The highest BCUT2D eigenvalue weighted by Gasteiger charge is 2.54. The van der Waals surface area contributed by atoms with Gasteiger partial charge in [-0.1, -0.05) is 17.7 Å². The van der Waals surface area contributed by atoms with Crippen molar-refractivity contribution in [2.75, 3.05) is 25.0 Å². The van der Waals surface area contributed by atoms with Crippen molar-refractivity contribution >= 4 is 29.3 Å². The van der Waals surface area contributed by atoms with Gasteiger partial charge in [-0.25, -0.2) is 19.4 Å². The van der Waals surface area contributed by atoms with Crippen molar-refractivity contribution in [3.8, 4) is 22.8 Å². The average Bonchev–Trinajstić information content (AvgIpc) is 3.57. The summed E-state index contributed by atoms with van der Waals surface area (Å²) in [4.78, 5) is 21.1. The van der Waals surface area contributed by atoms with E-state index in [4.69, 9.17) is 26.2 Å². The highest BCUT2D eigenvalue weighted by Crippen LogP contribution is 2.54. The number of likely N-dealkylation sites (tertiary alicyclic amines) is 1. The Hall–Kier alpha value is -4.67. The number of nitrogens with zero attached hydrogens (tertiary/aromatic N) is 9. The van der Waals surface area contributed by atoms with Crippen LogP contribution in [0.2, 0.25) is 5.02 Å². The van der Waals surface area contributed by atoms with Crippen molar-refractivity contribution in [1.29, 1.82) is 0 Å². The summed E-state index contributed by atoms with van der Waals surface area (Å²) in [5.41, 5.74) is 1.42. The van der Waals surface area contributed by atoms with Gasteiger partial charge in [0.2, 0.25) is 5.95 Å². The summed E-state index contributed by atoms with van der Waals surface area (Å²) < 4.78 is 52.9. The second kappa shape index (κ2) is 11.4. The molecule has 2 fully saturated rings. The van der Waals surface area contributed by atoms with E-state index in [1.54, 1.807) is 41.5 Å². The molecule has 1 aliphatic heterocycles. The van der Waals surface area contributed by atoms with Gasteiger partial charge in [0.15, 0.2) is 6.61 Å². The first-order chi connectivity index (χ1) is 21.0. The lowest BCUT2D eigenvalue weighted by Crippen LogP contribution is -2.63. The predicted octanol–water partition coefficient (Wildman–Crippen LogP) is 4.45. The molecule has 1 aromatic carbocycles. The zero-order valence-electron chi connectivity index (χ0n) is 23.1. The van der Waals surface area contributed by atoms with Crippen LogP contribution in [0.25, 0.3) is 11.1 Å². The van der Waals surface area contributed by atoms with Gasteiger partial charge in [0, 0.05) is 36.5 Å². The predicted molar refractivity (Wildman–Crippen MR) is 148 cm³/mol. The van der Waals surface area contributed by atoms with Crippen LogP contribution in [0, 0.1) is 5.41 Å². The van der Waals surface area contributed by atoms with Crippen LogP contribution in [0.15, 0.2) is 43.1 Å². The molecule has 0 unspecified atom stereocenters. The van der Waals surface area contributed by atoms with E-state index in [2.05, 4.69) is 35.9 Å². The monoisotopic (exact) mass is 634 g/mol. The van der Waals surface area contributed by atoms with E-state index in [0.29, 0.717) is 48.8 Å². The van der Waals surface area contributed by atoms with Gasteiger partial charge in [-0.15, -0.1) is 10.2 Å². The molecule has 1 saturated carbocycles. The number of amides is 1. The van der Waals surface area contributed by atoms with Gasteiger partial charge in [-0.05, 0) is 47.9 Å². The number of rotatable bonds is 10. The standard InChI is InChI=1S/C26H26ClF3N10O4/c1-15(9-39-14-33-36-37-39)44-21-4-16(2-3-19(21)27)17-7-31-23(32-8-17)34-20-10-40(35-22(20)43-13-26(28,29)30)18-5-25(6-18)11-38(12-25)24(41)42/h2-4,7-8,10,14-15,18H,5-6,9,11-13H2,1H3,(H,41,42)(H,31,32,34)/t15-/m0/s1. The number of benzene rings is 1. The Bertz CT molecular complexity index is 1620. The van der Waals surface area contributed by atoms with E-state index < -0.39 is 18.9 Å². The maximum atomic E-state index is 12.9. The Morgan fingerprint density at radius 3 is 2.64 bits per heavy atom. The first kappa shape index (κ1) is 29.4. The number of tetrazole rings is 1. The number of nitrogens with one attached hydrogen (secondary N) is 1. The number of carboxylic acid groups (broad SMARTS) is 1. The maximum Gasteiger partial charge on any atom is 0.422 e. The first-order valence-electron chi connectivity index (χ1n) is 13.5. The van der Waals surface area contributed by atoms with Crippen LogP contribution >= 0.6 is 11.6 Å². The van der Waals surface area contributed by atoms with E-state index in [9.17, 15) is 18.0 Å². The van der Waals surface area contributed by atoms with Crippen molar-refractivity contribution in [1.82, 2.24) is 44.9 Å². The number of anilines is 2. The SMILES string of the molecule is C[C@@H](Cn1cnnn1)Oc1cc(-c2cnc(Nc3cn(C4CC5(C4)CN(C(=O)O)C5)nc3OCC(F)(F)F)nc2)ccc1Cl. The molecule has 4 heterocycles. The zero-order chi connectivity index (χ0) is 31.1. The van der Waals surface area contributed by atoms with Crippen molar-refractivity contribution in [2.24, 2.45) is 5.41 Å². The molecule has 1 saturated heterocycles. The fraction of sp³-hybridized carbons (Fsp3) is 0.423. The molecule has 3 aromatic heterocycles. The number of hydrogen-bond acceptors (Lipinski definition) is 10. The molecular formula is C26H26ClF3N10O4. The molecule has 232 valence electrons. The molecule has 1 aliphatic carbocycles. The molecule has 18 heteroatoms. The number of aromatic nitrogens is 8. The quantitative estimate of drug-likeness (QED) is 0.254. The Morgan fingerprint density at radius 2 is 1.98 bits per heavy atom. The fourth-order valence-corrected chi connectivity index (χ4v) is 5.57. The Morgan fingerprint density at radius 1 is 1.23 bits per heavy atom. The first-order valence-corrected chi connectivity index (χ1v) is 13.9. The van der Waals surface area contributed by atoms with Crippen molar-refractivity contribution in [3.05, 3.63) is 48.1 Å². The number of hydrogen-bond donors (Lipinski definition) is 2. The van der Waals surface area contributed by atoms with Crippen LogP contribution in [-0.2, 0) is 6.54 Å². The van der Waals surface area contributed by atoms with Gasteiger partial charge >= 0.3 is 12.3 Å².